The van der Waals surface area contributed by atoms with Gasteiger partial charge in [-0.2, -0.15) is 0 Å². The number of nitrogens with zero attached hydrogens (tertiary/aromatic N) is 1. The van der Waals surface area contributed by atoms with Crippen LogP contribution in [0.3, 0.4) is 0 Å². The molecule has 2 aromatic rings. The van der Waals surface area contributed by atoms with Crippen LogP contribution in [0.4, 0.5) is 11.4 Å². The molecule has 20 heavy (non-hydrogen) atoms. The van der Waals surface area contributed by atoms with Crippen molar-refractivity contribution >= 4 is 11.4 Å². The molecule has 0 radical (unpaired) electrons. The maximum absolute atomic E-state index is 5.74. The SMILES string of the molecule is CN(c1cccc(CN)c1)c1ccccc1C(C)(C)C. The first-order valence-electron chi connectivity index (χ1n) is 7.05. The van der Waals surface area contributed by atoms with Gasteiger partial charge in [0.05, 0.1) is 0 Å². The zero-order valence-corrected chi connectivity index (χ0v) is 12.9. The van der Waals surface area contributed by atoms with Crippen LogP contribution in [0, 0.1) is 0 Å². The van der Waals surface area contributed by atoms with E-state index in [0.29, 0.717) is 6.54 Å². The van der Waals surface area contributed by atoms with Gasteiger partial charge in [0.25, 0.3) is 0 Å². The molecule has 0 saturated heterocycles. The fraction of sp³-hybridized carbons (Fsp3) is 0.333. The smallest absolute Gasteiger partial charge is 0.0446 e. The second kappa shape index (κ2) is 5.68. The predicted octanol–water partition coefficient (Wildman–Crippen LogP) is 4.21. The molecule has 106 valence electrons. The molecule has 0 fully saturated rings. The summed E-state index contributed by atoms with van der Waals surface area (Å²) in [5.41, 5.74) is 10.8. The molecular weight excluding hydrogens is 244 g/mol. The first kappa shape index (κ1) is 14.6. The minimum absolute atomic E-state index is 0.121. The van der Waals surface area contributed by atoms with Gasteiger partial charge < -0.3 is 10.6 Å². The third-order valence-corrected chi connectivity index (χ3v) is 3.61. The van der Waals surface area contributed by atoms with E-state index in [1.807, 2.05) is 0 Å². The van der Waals surface area contributed by atoms with E-state index >= 15 is 0 Å². The number of rotatable bonds is 3. The highest BCUT2D eigenvalue weighted by Gasteiger charge is 2.19. The molecule has 0 heterocycles. The fourth-order valence-corrected chi connectivity index (χ4v) is 2.43. The van der Waals surface area contributed by atoms with E-state index in [-0.39, 0.29) is 5.41 Å². The maximum Gasteiger partial charge on any atom is 0.0446 e. The van der Waals surface area contributed by atoms with E-state index < -0.39 is 0 Å². The molecule has 0 saturated carbocycles. The Morgan fingerprint density at radius 2 is 1.70 bits per heavy atom. The van der Waals surface area contributed by atoms with Gasteiger partial charge in [0, 0.05) is 25.0 Å². The van der Waals surface area contributed by atoms with Crippen molar-refractivity contribution in [2.75, 3.05) is 11.9 Å². The maximum atomic E-state index is 5.74. The van der Waals surface area contributed by atoms with Crippen molar-refractivity contribution in [1.29, 1.82) is 0 Å². The van der Waals surface area contributed by atoms with E-state index in [1.165, 1.54) is 16.9 Å². The third kappa shape index (κ3) is 3.02. The summed E-state index contributed by atoms with van der Waals surface area (Å²) in [7, 11) is 2.11. The number of para-hydroxylation sites is 1. The molecule has 0 aliphatic heterocycles. The molecule has 0 aliphatic carbocycles. The van der Waals surface area contributed by atoms with E-state index in [9.17, 15) is 0 Å². The fourth-order valence-electron chi connectivity index (χ4n) is 2.43. The van der Waals surface area contributed by atoms with Gasteiger partial charge in [-0.05, 0) is 34.7 Å². The Morgan fingerprint density at radius 3 is 2.35 bits per heavy atom. The molecule has 2 heteroatoms. The molecule has 0 amide bonds. The molecule has 2 rings (SSSR count). The first-order valence-corrected chi connectivity index (χ1v) is 7.05. The second-order valence-electron chi connectivity index (χ2n) is 6.20. The number of anilines is 2. The Morgan fingerprint density at radius 1 is 1.00 bits per heavy atom. The van der Waals surface area contributed by atoms with Gasteiger partial charge in [0.15, 0.2) is 0 Å². The van der Waals surface area contributed by atoms with Gasteiger partial charge in [-0.3, -0.25) is 0 Å². The average molecular weight is 268 g/mol. The lowest BCUT2D eigenvalue weighted by Crippen LogP contribution is -2.19. The molecular formula is C18H24N2. The topological polar surface area (TPSA) is 29.3 Å². The summed E-state index contributed by atoms with van der Waals surface area (Å²) in [4.78, 5) is 2.24. The van der Waals surface area contributed by atoms with Crippen LogP contribution >= 0.6 is 0 Å². The van der Waals surface area contributed by atoms with Crippen molar-refractivity contribution in [3.05, 3.63) is 59.7 Å². The first-order chi connectivity index (χ1) is 9.43. The van der Waals surface area contributed by atoms with Crippen molar-refractivity contribution in [3.8, 4) is 0 Å². The molecule has 2 aromatic carbocycles. The highest BCUT2D eigenvalue weighted by molar-refractivity contribution is 5.67. The highest BCUT2D eigenvalue weighted by Crippen LogP contribution is 2.34. The Kier molecular flexibility index (Phi) is 4.15. The van der Waals surface area contributed by atoms with Crippen LogP contribution < -0.4 is 10.6 Å². The number of hydrogen-bond donors (Lipinski definition) is 1. The minimum atomic E-state index is 0.121. The highest BCUT2D eigenvalue weighted by atomic mass is 15.1. The Bertz CT molecular complexity index is 582. The summed E-state index contributed by atoms with van der Waals surface area (Å²) in [6, 6.07) is 17.0. The zero-order valence-electron chi connectivity index (χ0n) is 12.9. The Hall–Kier alpha value is -1.80. The van der Waals surface area contributed by atoms with Gasteiger partial charge in [-0.25, -0.2) is 0 Å². The summed E-state index contributed by atoms with van der Waals surface area (Å²) in [6.07, 6.45) is 0. The third-order valence-electron chi connectivity index (χ3n) is 3.61. The van der Waals surface area contributed by atoms with Crippen molar-refractivity contribution in [2.24, 2.45) is 5.73 Å². The monoisotopic (exact) mass is 268 g/mol. The Balaban J connectivity index is 2.45. The summed E-state index contributed by atoms with van der Waals surface area (Å²) in [5, 5.41) is 0. The molecule has 0 spiro atoms. The van der Waals surface area contributed by atoms with Gasteiger partial charge in [-0.1, -0.05) is 51.1 Å². The van der Waals surface area contributed by atoms with Crippen LogP contribution in [0.15, 0.2) is 48.5 Å². The summed E-state index contributed by atoms with van der Waals surface area (Å²) in [6.45, 7) is 7.31. The summed E-state index contributed by atoms with van der Waals surface area (Å²) in [5.74, 6) is 0. The summed E-state index contributed by atoms with van der Waals surface area (Å²) < 4.78 is 0. The van der Waals surface area contributed by atoms with E-state index in [1.54, 1.807) is 0 Å². The minimum Gasteiger partial charge on any atom is -0.344 e. The van der Waals surface area contributed by atoms with Crippen LogP contribution in [0.1, 0.15) is 31.9 Å². The number of benzene rings is 2. The van der Waals surface area contributed by atoms with Crippen LogP contribution in [0.2, 0.25) is 0 Å². The van der Waals surface area contributed by atoms with E-state index in [4.69, 9.17) is 5.73 Å². The molecule has 0 bridgehead atoms. The van der Waals surface area contributed by atoms with Crippen molar-refractivity contribution in [1.82, 2.24) is 0 Å². The molecule has 2 nitrogen and oxygen atoms in total. The van der Waals surface area contributed by atoms with Crippen molar-refractivity contribution < 1.29 is 0 Å². The summed E-state index contributed by atoms with van der Waals surface area (Å²) >= 11 is 0. The molecule has 0 aliphatic rings. The molecule has 0 unspecified atom stereocenters. The van der Waals surface area contributed by atoms with Crippen LogP contribution in [-0.2, 0) is 12.0 Å². The van der Waals surface area contributed by atoms with Gasteiger partial charge in [0.1, 0.15) is 0 Å². The van der Waals surface area contributed by atoms with E-state index in [0.717, 1.165) is 5.56 Å². The number of hydrogen-bond acceptors (Lipinski definition) is 2. The lowest BCUT2D eigenvalue weighted by Gasteiger charge is -2.29. The van der Waals surface area contributed by atoms with Crippen molar-refractivity contribution in [3.63, 3.8) is 0 Å². The van der Waals surface area contributed by atoms with Crippen LogP contribution in [0.5, 0.6) is 0 Å². The van der Waals surface area contributed by atoms with Gasteiger partial charge in [-0.15, -0.1) is 0 Å². The lowest BCUT2D eigenvalue weighted by atomic mass is 9.85. The van der Waals surface area contributed by atoms with E-state index in [2.05, 4.69) is 81.2 Å². The molecule has 2 N–H and O–H groups in total. The van der Waals surface area contributed by atoms with Crippen LogP contribution in [-0.4, -0.2) is 7.05 Å². The van der Waals surface area contributed by atoms with Crippen molar-refractivity contribution in [2.45, 2.75) is 32.7 Å². The Labute approximate surface area is 122 Å². The van der Waals surface area contributed by atoms with Gasteiger partial charge >= 0.3 is 0 Å². The zero-order chi connectivity index (χ0) is 14.8. The normalized spacial score (nSPS) is 11.4. The average Bonchev–Trinajstić information content (AvgIpc) is 2.45. The predicted molar refractivity (Wildman–Crippen MR) is 87.5 cm³/mol. The second-order valence-corrected chi connectivity index (χ2v) is 6.20. The standard InChI is InChI=1S/C18H24N2/c1-18(2,3)16-10-5-6-11-17(16)20(4)15-9-7-8-14(12-15)13-19/h5-12H,13,19H2,1-4H3. The largest absolute Gasteiger partial charge is 0.344 e. The number of nitrogens with two attached hydrogens (primary N) is 1. The van der Waals surface area contributed by atoms with Crippen LogP contribution in [0.25, 0.3) is 0 Å². The lowest BCUT2D eigenvalue weighted by molar-refractivity contribution is 0.590. The quantitative estimate of drug-likeness (QED) is 0.903. The molecule has 0 atom stereocenters. The van der Waals surface area contributed by atoms with Gasteiger partial charge in [0.2, 0.25) is 0 Å². The molecule has 0 aromatic heterocycles.